The van der Waals surface area contributed by atoms with E-state index in [2.05, 4.69) is 20.3 Å². The summed E-state index contributed by atoms with van der Waals surface area (Å²) in [7, 11) is 1.59. The Labute approximate surface area is 155 Å². The van der Waals surface area contributed by atoms with Gasteiger partial charge in [-0.2, -0.15) is 0 Å². The molecule has 2 aromatic carbocycles. The predicted octanol–water partition coefficient (Wildman–Crippen LogP) is 3.95. The van der Waals surface area contributed by atoms with E-state index in [9.17, 15) is 4.79 Å². The molecule has 2 heterocycles. The molecule has 0 aliphatic heterocycles. The summed E-state index contributed by atoms with van der Waals surface area (Å²) < 4.78 is 5.41. The van der Waals surface area contributed by atoms with Crippen molar-refractivity contribution in [1.82, 2.24) is 15.0 Å². The molecule has 6 heteroatoms. The third-order valence-corrected chi connectivity index (χ3v) is 4.13. The number of anilines is 1. The minimum Gasteiger partial charge on any atom is -0.496 e. The number of benzene rings is 2. The topological polar surface area (TPSA) is 77.0 Å². The van der Waals surface area contributed by atoms with Crippen LogP contribution in [0.4, 0.5) is 5.69 Å². The maximum Gasteiger partial charge on any atom is 0.255 e. The van der Waals surface area contributed by atoms with Crippen molar-refractivity contribution in [2.24, 2.45) is 0 Å². The summed E-state index contributed by atoms with van der Waals surface area (Å²) in [4.78, 5) is 25.6. The lowest BCUT2D eigenvalue weighted by Gasteiger charge is -2.11. The van der Waals surface area contributed by atoms with Crippen molar-refractivity contribution in [1.29, 1.82) is 0 Å². The Morgan fingerprint density at radius 2 is 1.74 bits per heavy atom. The molecule has 1 N–H and O–H groups in total. The predicted molar refractivity (Wildman–Crippen MR) is 104 cm³/mol. The van der Waals surface area contributed by atoms with E-state index in [1.54, 1.807) is 56.0 Å². The van der Waals surface area contributed by atoms with Crippen LogP contribution in [0.5, 0.6) is 5.75 Å². The van der Waals surface area contributed by atoms with Crippen LogP contribution in [0, 0.1) is 0 Å². The molecule has 0 aliphatic carbocycles. The Hall–Kier alpha value is -3.80. The number of carbonyl (C=O) groups is 1. The lowest BCUT2D eigenvalue weighted by atomic mass is 10.1. The number of methoxy groups -OCH3 is 1. The number of rotatable bonds is 4. The summed E-state index contributed by atoms with van der Waals surface area (Å²) in [6.45, 7) is 0. The van der Waals surface area contributed by atoms with Crippen LogP contribution in [0.3, 0.4) is 0 Å². The third kappa shape index (κ3) is 3.46. The van der Waals surface area contributed by atoms with Gasteiger partial charge in [-0.15, -0.1) is 0 Å². The van der Waals surface area contributed by atoms with Gasteiger partial charge < -0.3 is 10.1 Å². The highest BCUT2D eigenvalue weighted by Gasteiger charge is 2.13. The molecule has 0 radical (unpaired) electrons. The molecular weight excluding hydrogens is 340 g/mol. The summed E-state index contributed by atoms with van der Waals surface area (Å²) in [5.74, 6) is 0.435. The van der Waals surface area contributed by atoms with Crippen LogP contribution in [-0.4, -0.2) is 28.0 Å². The van der Waals surface area contributed by atoms with Gasteiger partial charge in [0, 0.05) is 35.4 Å². The minimum atomic E-state index is -0.224. The van der Waals surface area contributed by atoms with Gasteiger partial charge in [-0.1, -0.05) is 6.07 Å². The number of aromatic nitrogens is 3. The highest BCUT2D eigenvalue weighted by molar-refractivity contribution is 6.05. The Morgan fingerprint density at radius 3 is 2.52 bits per heavy atom. The molecule has 4 aromatic rings. The largest absolute Gasteiger partial charge is 0.496 e. The molecule has 0 bridgehead atoms. The Morgan fingerprint density at radius 1 is 0.889 bits per heavy atom. The van der Waals surface area contributed by atoms with Crippen LogP contribution < -0.4 is 10.1 Å². The third-order valence-electron chi connectivity index (χ3n) is 4.13. The minimum absolute atomic E-state index is 0.224. The first kappa shape index (κ1) is 16.7. The van der Waals surface area contributed by atoms with Crippen molar-refractivity contribution in [3.05, 3.63) is 78.8 Å². The second-order valence-electron chi connectivity index (χ2n) is 5.84. The molecular formula is C21H16N4O2. The van der Waals surface area contributed by atoms with Gasteiger partial charge >= 0.3 is 0 Å². The van der Waals surface area contributed by atoms with Gasteiger partial charge in [0.05, 0.1) is 23.8 Å². The second kappa shape index (κ2) is 7.21. The smallest absolute Gasteiger partial charge is 0.255 e. The number of pyridine rings is 1. The molecule has 0 aliphatic rings. The average molecular weight is 356 g/mol. The number of nitrogens with one attached hydrogen (secondary N) is 1. The molecule has 6 nitrogen and oxygen atoms in total. The molecule has 4 rings (SSSR count). The maximum absolute atomic E-state index is 12.7. The SMILES string of the molecule is COc1ccc(C(=O)Nc2ccc3nccnc3c2)cc1-c1ccccn1. The molecule has 0 unspecified atom stereocenters. The molecule has 2 aromatic heterocycles. The first-order valence-corrected chi connectivity index (χ1v) is 8.36. The molecule has 0 saturated carbocycles. The van der Waals surface area contributed by atoms with Crippen LogP contribution in [0.25, 0.3) is 22.3 Å². The van der Waals surface area contributed by atoms with Gasteiger partial charge in [0.1, 0.15) is 5.75 Å². The van der Waals surface area contributed by atoms with Crippen LogP contribution in [0.2, 0.25) is 0 Å². The molecule has 27 heavy (non-hydrogen) atoms. The lowest BCUT2D eigenvalue weighted by molar-refractivity contribution is 0.102. The van der Waals surface area contributed by atoms with Crippen molar-refractivity contribution in [2.45, 2.75) is 0 Å². The van der Waals surface area contributed by atoms with Crippen LogP contribution in [-0.2, 0) is 0 Å². The quantitative estimate of drug-likeness (QED) is 0.599. The fourth-order valence-electron chi connectivity index (χ4n) is 2.82. The van der Waals surface area contributed by atoms with Crippen molar-refractivity contribution in [3.63, 3.8) is 0 Å². The lowest BCUT2D eigenvalue weighted by Crippen LogP contribution is -2.12. The summed E-state index contributed by atoms with van der Waals surface area (Å²) in [6, 6.07) is 16.3. The summed E-state index contributed by atoms with van der Waals surface area (Å²) in [5.41, 5.74) is 4.16. The van der Waals surface area contributed by atoms with Crippen molar-refractivity contribution >= 4 is 22.6 Å². The number of carbonyl (C=O) groups excluding carboxylic acids is 1. The Bertz CT molecular complexity index is 1110. The molecule has 132 valence electrons. The zero-order chi connectivity index (χ0) is 18.6. The highest BCUT2D eigenvalue weighted by atomic mass is 16.5. The summed E-state index contributed by atoms with van der Waals surface area (Å²) in [5, 5.41) is 2.90. The maximum atomic E-state index is 12.7. The molecule has 0 fully saturated rings. The van der Waals surface area contributed by atoms with E-state index in [-0.39, 0.29) is 5.91 Å². The van der Waals surface area contributed by atoms with E-state index >= 15 is 0 Å². The van der Waals surface area contributed by atoms with E-state index in [1.807, 2.05) is 24.3 Å². The number of hydrogen-bond acceptors (Lipinski definition) is 5. The Kier molecular flexibility index (Phi) is 4.45. The van der Waals surface area contributed by atoms with E-state index in [0.29, 0.717) is 17.0 Å². The van der Waals surface area contributed by atoms with Crippen molar-refractivity contribution < 1.29 is 9.53 Å². The first-order valence-electron chi connectivity index (χ1n) is 8.36. The van der Waals surface area contributed by atoms with Crippen LogP contribution in [0.15, 0.2) is 73.2 Å². The van der Waals surface area contributed by atoms with Crippen molar-refractivity contribution in [3.8, 4) is 17.0 Å². The highest BCUT2D eigenvalue weighted by Crippen LogP contribution is 2.29. The molecule has 1 amide bonds. The monoisotopic (exact) mass is 356 g/mol. The van der Waals surface area contributed by atoms with Gasteiger partial charge in [0.15, 0.2) is 0 Å². The fourth-order valence-corrected chi connectivity index (χ4v) is 2.82. The zero-order valence-corrected chi connectivity index (χ0v) is 14.6. The molecule has 0 spiro atoms. The van der Waals surface area contributed by atoms with E-state index in [0.717, 1.165) is 22.3 Å². The second-order valence-corrected chi connectivity index (χ2v) is 5.84. The number of nitrogens with zero attached hydrogens (tertiary/aromatic N) is 3. The van der Waals surface area contributed by atoms with E-state index in [4.69, 9.17) is 4.74 Å². The normalized spacial score (nSPS) is 10.6. The number of amides is 1. The van der Waals surface area contributed by atoms with Crippen LogP contribution >= 0.6 is 0 Å². The number of hydrogen-bond donors (Lipinski definition) is 1. The average Bonchev–Trinajstić information content (AvgIpc) is 2.73. The van der Waals surface area contributed by atoms with Gasteiger partial charge in [-0.3, -0.25) is 19.7 Å². The Balaban J connectivity index is 1.65. The fraction of sp³-hybridized carbons (Fsp3) is 0.0476. The van der Waals surface area contributed by atoms with Gasteiger partial charge in [-0.25, -0.2) is 0 Å². The van der Waals surface area contributed by atoms with E-state index < -0.39 is 0 Å². The summed E-state index contributed by atoms with van der Waals surface area (Å²) >= 11 is 0. The number of fused-ring (bicyclic) bond motifs is 1. The van der Waals surface area contributed by atoms with Crippen molar-refractivity contribution in [2.75, 3.05) is 12.4 Å². The first-order chi connectivity index (χ1) is 13.2. The van der Waals surface area contributed by atoms with E-state index in [1.165, 1.54) is 0 Å². The van der Waals surface area contributed by atoms with Gasteiger partial charge in [-0.05, 0) is 48.5 Å². The zero-order valence-electron chi connectivity index (χ0n) is 14.6. The molecule has 0 saturated heterocycles. The molecule has 0 atom stereocenters. The summed E-state index contributed by atoms with van der Waals surface area (Å²) in [6.07, 6.45) is 4.96. The number of ether oxygens (including phenoxy) is 1. The van der Waals surface area contributed by atoms with Gasteiger partial charge in [0.2, 0.25) is 0 Å². The van der Waals surface area contributed by atoms with Gasteiger partial charge in [0.25, 0.3) is 5.91 Å². The standard InChI is InChI=1S/C21H16N4O2/c1-27-20-8-5-14(12-16(20)17-4-2-3-9-22-17)21(26)25-15-6-7-18-19(13-15)24-11-10-23-18/h2-13H,1H3,(H,25,26). The van der Waals surface area contributed by atoms with Crippen LogP contribution in [0.1, 0.15) is 10.4 Å².